The van der Waals surface area contributed by atoms with Gasteiger partial charge in [0, 0.05) is 6.42 Å². The molecule has 0 N–H and O–H groups in total. The van der Waals surface area contributed by atoms with Gasteiger partial charge in [-0.3, -0.25) is 9.59 Å². The fourth-order valence-electron chi connectivity index (χ4n) is 2.96. The maximum Gasteiger partial charge on any atom is 0.453 e. The van der Waals surface area contributed by atoms with Crippen LogP contribution >= 0.6 is 22.6 Å². The number of carbonyl (C=O) groups excluding carboxylic acids is 2. The molecule has 4 nitrogen and oxygen atoms in total. The summed E-state index contributed by atoms with van der Waals surface area (Å²) >= 11 is 2.26. The predicted molar refractivity (Wildman–Crippen MR) is 107 cm³/mol. The number of alkyl halides is 6. The normalized spacial score (nSPS) is 13.4. The molecule has 0 saturated heterocycles. The maximum atomic E-state index is 13.4. The Morgan fingerprint density at radius 3 is 1.76 bits per heavy atom. The molecule has 0 amide bonds. The minimum atomic E-state index is -5.68. The first-order chi connectivity index (χ1) is 13.5. The summed E-state index contributed by atoms with van der Waals surface area (Å²) in [6.07, 6.45) is -3.48. The molecule has 0 heterocycles. The van der Waals surface area contributed by atoms with E-state index in [4.69, 9.17) is 9.47 Å². The zero-order valence-corrected chi connectivity index (χ0v) is 19.0. The van der Waals surface area contributed by atoms with Gasteiger partial charge in [0.2, 0.25) is 0 Å². The molecule has 0 aliphatic carbocycles. The molecule has 0 aliphatic rings. The lowest BCUT2D eigenvalue weighted by atomic mass is 9.83. The highest BCUT2D eigenvalue weighted by atomic mass is 127. The number of halogens is 6. The first-order valence-electron chi connectivity index (χ1n) is 9.85. The number of hydrogen-bond donors (Lipinski definition) is 0. The second-order valence-corrected chi connectivity index (χ2v) is 7.81. The van der Waals surface area contributed by atoms with Gasteiger partial charge in [0.25, 0.3) is 0 Å². The van der Waals surface area contributed by atoms with Crippen molar-refractivity contribution in [1.29, 1.82) is 0 Å². The first kappa shape index (κ1) is 28.3. The summed E-state index contributed by atoms with van der Waals surface area (Å²) in [4.78, 5) is 24.5. The van der Waals surface area contributed by atoms with E-state index in [9.17, 15) is 31.5 Å². The summed E-state index contributed by atoms with van der Waals surface area (Å²) in [7, 11) is 0. The fraction of sp³-hybridized carbons (Fsp3) is 0.895. The zero-order chi connectivity index (χ0) is 22.5. The van der Waals surface area contributed by atoms with Crippen LogP contribution in [0.4, 0.5) is 22.0 Å². The van der Waals surface area contributed by atoms with Crippen molar-refractivity contribution in [2.45, 2.75) is 77.3 Å². The van der Waals surface area contributed by atoms with E-state index in [1.807, 2.05) is 0 Å². The van der Waals surface area contributed by atoms with Crippen LogP contribution in [0.2, 0.25) is 0 Å². The summed E-state index contributed by atoms with van der Waals surface area (Å²) in [6.45, 7) is 2.94. The average molecular weight is 544 g/mol. The van der Waals surface area contributed by atoms with E-state index in [1.165, 1.54) is 13.8 Å². The topological polar surface area (TPSA) is 52.6 Å². The standard InChI is InChI=1S/C19H30F5IO4/c1-3-28-16(26)15(17(27)29-4-2)14(10-8-6-5-7-9-13-25)11-12-18(20,21)19(22,23)24/h14-15H,3-13H2,1-2H3. The molecular weight excluding hydrogens is 514 g/mol. The number of carbonyl (C=O) groups is 2. The van der Waals surface area contributed by atoms with Gasteiger partial charge in [0.05, 0.1) is 13.2 Å². The lowest BCUT2D eigenvalue weighted by Gasteiger charge is -2.27. The first-order valence-corrected chi connectivity index (χ1v) is 11.4. The molecule has 1 atom stereocenters. The van der Waals surface area contributed by atoms with E-state index in [-0.39, 0.29) is 19.6 Å². The molecular formula is C19H30F5IO4. The highest BCUT2D eigenvalue weighted by Crippen LogP contribution is 2.41. The van der Waals surface area contributed by atoms with Crippen molar-refractivity contribution in [2.24, 2.45) is 11.8 Å². The van der Waals surface area contributed by atoms with Gasteiger partial charge in [-0.1, -0.05) is 48.3 Å². The Kier molecular flexibility index (Phi) is 14.0. The van der Waals surface area contributed by atoms with Gasteiger partial charge in [-0.25, -0.2) is 0 Å². The third-order valence-electron chi connectivity index (χ3n) is 4.50. The molecule has 0 aromatic heterocycles. The Labute approximate surface area is 182 Å². The van der Waals surface area contributed by atoms with Gasteiger partial charge in [0.1, 0.15) is 0 Å². The zero-order valence-electron chi connectivity index (χ0n) is 16.8. The Bertz CT molecular complexity index is 468. The largest absolute Gasteiger partial charge is 0.465 e. The molecule has 0 aromatic rings. The van der Waals surface area contributed by atoms with E-state index in [2.05, 4.69) is 22.6 Å². The predicted octanol–water partition coefficient (Wildman–Crippen LogP) is 6.10. The van der Waals surface area contributed by atoms with Gasteiger partial charge < -0.3 is 9.47 Å². The van der Waals surface area contributed by atoms with Gasteiger partial charge in [0.15, 0.2) is 5.92 Å². The van der Waals surface area contributed by atoms with Crippen LogP contribution in [0.5, 0.6) is 0 Å². The summed E-state index contributed by atoms with van der Waals surface area (Å²) in [5.41, 5.74) is 0. The van der Waals surface area contributed by atoms with E-state index < -0.39 is 48.7 Å². The molecule has 172 valence electrons. The molecule has 0 radical (unpaired) electrons. The van der Waals surface area contributed by atoms with E-state index in [0.29, 0.717) is 6.42 Å². The molecule has 0 rings (SSSR count). The van der Waals surface area contributed by atoms with E-state index in [1.54, 1.807) is 0 Å². The van der Waals surface area contributed by atoms with Gasteiger partial charge in [-0.15, -0.1) is 0 Å². The van der Waals surface area contributed by atoms with Crippen LogP contribution in [0.1, 0.15) is 65.2 Å². The van der Waals surface area contributed by atoms with E-state index >= 15 is 0 Å². The van der Waals surface area contributed by atoms with Crippen LogP contribution in [0.15, 0.2) is 0 Å². The van der Waals surface area contributed by atoms with E-state index in [0.717, 1.165) is 30.1 Å². The molecule has 29 heavy (non-hydrogen) atoms. The summed E-state index contributed by atoms with van der Waals surface area (Å²) in [5, 5.41) is 0. The van der Waals surface area contributed by atoms with Crippen molar-refractivity contribution in [1.82, 2.24) is 0 Å². The summed E-state index contributed by atoms with van der Waals surface area (Å²) in [5.74, 6) is -9.30. The quantitative estimate of drug-likeness (QED) is 0.0625. The molecule has 0 spiro atoms. The Hall–Kier alpha value is -0.680. The second kappa shape index (κ2) is 14.3. The summed E-state index contributed by atoms with van der Waals surface area (Å²) in [6, 6.07) is 0. The molecule has 10 heteroatoms. The van der Waals surface area contributed by atoms with Gasteiger partial charge in [-0.2, -0.15) is 22.0 Å². The molecule has 0 fully saturated rings. The lowest BCUT2D eigenvalue weighted by Crippen LogP contribution is -2.39. The second-order valence-electron chi connectivity index (χ2n) is 6.73. The molecule has 0 aromatic carbocycles. The molecule has 1 unspecified atom stereocenters. The highest BCUT2D eigenvalue weighted by molar-refractivity contribution is 14.1. The highest BCUT2D eigenvalue weighted by Gasteiger charge is 2.57. The van der Waals surface area contributed by atoms with Gasteiger partial charge in [-0.05, 0) is 43.5 Å². The smallest absolute Gasteiger partial charge is 0.453 e. The van der Waals surface area contributed by atoms with Crippen molar-refractivity contribution in [3.63, 3.8) is 0 Å². The van der Waals surface area contributed by atoms with Crippen LogP contribution in [-0.2, 0) is 19.1 Å². The number of rotatable bonds is 15. The monoisotopic (exact) mass is 544 g/mol. The van der Waals surface area contributed by atoms with Crippen molar-refractivity contribution in [2.75, 3.05) is 17.6 Å². The third kappa shape index (κ3) is 10.8. The van der Waals surface area contributed by atoms with Crippen molar-refractivity contribution >= 4 is 34.5 Å². The van der Waals surface area contributed by atoms with Crippen LogP contribution in [-0.4, -0.2) is 41.7 Å². The Balaban J connectivity index is 5.30. The third-order valence-corrected chi connectivity index (χ3v) is 5.27. The maximum absolute atomic E-state index is 13.4. The SMILES string of the molecule is CCOC(=O)C(C(=O)OCC)C(CCCCCCCI)CCC(F)(F)C(F)(F)F. The van der Waals surface area contributed by atoms with Crippen LogP contribution in [0, 0.1) is 11.8 Å². The molecule has 0 aliphatic heterocycles. The Morgan fingerprint density at radius 1 is 0.828 bits per heavy atom. The van der Waals surface area contributed by atoms with Gasteiger partial charge >= 0.3 is 24.0 Å². The summed E-state index contributed by atoms with van der Waals surface area (Å²) < 4.78 is 75.2. The number of hydrogen-bond acceptors (Lipinski definition) is 4. The van der Waals surface area contributed by atoms with Crippen LogP contribution in [0.25, 0.3) is 0 Å². The average Bonchev–Trinajstić information content (AvgIpc) is 2.61. The molecule has 0 saturated carbocycles. The minimum absolute atomic E-state index is 0.0452. The number of esters is 2. The van der Waals surface area contributed by atoms with Crippen molar-refractivity contribution in [3.8, 4) is 0 Å². The van der Waals surface area contributed by atoms with Crippen LogP contribution < -0.4 is 0 Å². The fourth-order valence-corrected chi connectivity index (χ4v) is 3.50. The van der Waals surface area contributed by atoms with Crippen molar-refractivity contribution in [3.05, 3.63) is 0 Å². The van der Waals surface area contributed by atoms with Crippen molar-refractivity contribution < 1.29 is 41.0 Å². The Morgan fingerprint density at radius 2 is 1.31 bits per heavy atom. The number of unbranched alkanes of at least 4 members (excludes halogenated alkanes) is 4. The van der Waals surface area contributed by atoms with Crippen LogP contribution in [0.3, 0.4) is 0 Å². The number of ether oxygens (including phenoxy) is 2. The molecule has 0 bridgehead atoms. The lowest BCUT2D eigenvalue weighted by molar-refractivity contribution is -0.285. The minimum Gasteiger partial charge on any atom is -0.465 e.